The molecule has 2 aromatic heterocycles. The fourth-order valence-electron chi connectivity index (χ4n) is 3.55. The first-order valence-electron chi connectivity index (χ1n) is 11.0. The standard InChI is InChI=1S/C25H28N6O2/c1-18-5-2-6-20(17-18)22-7-3-15-31-23(22)29-25(30-31)28-21-10-8-19(9-11-21)24(33)27-13-4-12-26-14-16-32/h2-3,5-11,15,17,26,32H,4,12-14,16H2,1H3,(H,27,33)(H,28,30). The first-order chi connectivity index (χ1) is 16.1. The molecule has 4 rings (SSSR count). The Labute approximate surface area is 192 Å². The third-order valence-electron chi connectivity index (χ3n) is 5.20. The molecule has 4 aromatic rings. The maximum atomic E-state index is 12.3. The fraction of sp³-hybridized carbons (Fsp3) is 0.240. The Hall–Kier alpha value is -3.75. The van der Waals surface area contributed by atoms with Crippen LogP contribution in [0.3, 0.4) is 0 Å². The van der Waals surface area contributed by atoms with Crippen molar-refractivity contribution in [2.75, 3.05) is 31.6 Å². The SMILES string of the molecule is Cc1cccc(-c2cccn3nc(Nc4ccc(C(=O)NCCCNCCO)cc4)nc23)c1. The Bertz CT molecular complexity index is 1220. The monoisotopic (exact) mass is 444 g/mol. The number of hydrogen-bond acceptors (Lipinski definition) is 6. The molecule has 1 amide bonds. The molecule has 33 heavy (non-hydrogen) atoms. The molecular formula is C25H28N6O2. The van der Waals surface area contributed by atoms with Gasteiger partial charge in [0.1, 0.15) is 0 Å². The number of carbonyl (C=O) groups is 1. The summed E-state index contributed by atoms with van der Waals surface area (Å²) < 4.78 is 1.76. The highest BCUT2D eigenvalue weighted by atomic mass is 16.3. The second kappa shape index (κ2) is 10.7. The first-order valence-corrected chi connectivity index (χ1v) is 11.0. The number of nitrogens with one attached hydrogen (secondary N) is 3. The number of carbonyl (C=O) groups excluding carboxylic acids is 1. The number of anilines is 2. The van der Waals surface area contributed by atoms with Gasteiger partial charge in [-0.15, -0.1) is 5.10 Å². The number of benzene rings is 2. The van der Waals surface area contributed by atoms with E-state index in [1.54, 1.807) is 16.6 Å². The molecule has 0 aliphatic rings. The van der Waals surface area contributed by atoms with E-state index < -0.39 is 0 Å². The van der Waals surface area contributed by atoms with Crippen LogP contribution in [0, 0.1) is 6.92 Å². The third-order valence-corrected chi connectivity index (χ3v) is 5.20. The molecular weight excluding hydrogens is 416 g/mol. The number of rotatable bonds is 10. The van der Waals surface area contributed by atoms with Gasteiger partial charge < -0.3 is 21.1 Å². The molecule has 0 spiro atoms. The Kier molecular flexibility index (Phi) is 7.29. The summed E-state index contributed by atoms with van der Waals surface area (Å²) in [7, 11) is 0. The maximum absolute atomic E-state index is 12.3. The van der Waals surface area contributed by atoms with Crippen molar-refractivity contribution in [3.63, 3.8) is 0 Å². The number of pyridine rings is 1. The molecule has 0 bridgehead atoms. The van der Waals surface area contributed by atoms with Crippen LogP contribution in [0.2, 0.25) is 0 Å². The minimum atomic E-state index is -0.114. The number of nitrogens with zero attached hydrogens (tertiary/aromatic N) is 3. The number of aliphatic hydroxyl groups excluding tert-OH is 1. The van der Waals surface area contributed by atoms with Crippen LogP contribution in [-0.4, -0.2) is 51.9 Å². The van der Waals surface area contributed by atoms with Crippen molar-refractivity contribution in [2.45, 2.75) is 13.3 Å². The number of aliphatic hydroxyl groups is 1. The smallest absolute Gasteiger partial charge is 0.251 e. The summed E-state index contributed by atoms with van der Waals surface area (Å²) in [5, 5.41) is 22.5. The molecule has 0 saturated carbocycles. The minimum Gasteiger partial charge on any atom is -0.395 e. The van der Waals surface area contributed by atoms with E-state index in [1.165, 1.54) is 5.56 Å². The molecule has 0 aliphatic carbocycles. The summed E-state index contributed by atoms with van der Waals surface area (Å²) in [5.41, 5.74) is 5.46. The molecule has 8 nitrogen and oxygen atoms in total. The van der Waals surface area contributed by atoms with Gasteiger partial charge in [0, 0.05) is 36.1 Å². The van der Waals surface area contributed by atoms with E-state index in [9.17, 15) is 4.79 Å². The van der Waals surface area contributed by atoms with E-state index in [0.29, 0.717) is 24.6 Å². The molecule has 4 N–H and O–H groups in total. The zero-order valence-electron chi connectivity index (χ0n) is 18.6. The van der Waals surface area contributed by atoms with Gasteiger partial charge in [-0.05, 0) is 61.9 Å². The summed E-state index contributed by atoms with van der Waals surface area (Å²) in [4.78, 5) is 17.0. The summed E-state index contributed by atoms with van der Waals surface area (Å²) in [5.74, 6) is 0.375. The molecule has 2 heterocycles. The fourth-order valence-corrected chi connectivity index (χ4v) is 3.55. The minimum absolute atomic E-state index is 0.114. The van der Waals surface area contributed by atoms with E-state index in [1.807, 2.05) is 36.5 Å². The van der Waals surface area contributed by atoms with Gasteiger partial charge in [-0.2, -0.15) is 4.98 Å². The Balaban J connectivity index is 1.40. The van der Waals surface area contributed by atoms with Crippen LogP contribution in [-0.2, 0) is 0 Å². The second-order valence-corrected chi connectivity index (χ2v) is 7.78. The van der Waals surface area contributed by atoms with Crippen molar-refractivity contribution in [1.29, 1.82) is 0 Å². The number of fused-ring (bicyclic) bond motifs is 1. The lowest BCUT2D eigenvalue weighted by atomic mass is 10.1. The van der Waals surface area contributed by atoms with Crippen LogP contribution >= 0.6 is 0 Å². The number of amides is 1. The highest BCUT2D eigenvalue weighted by molar-refractivity contribution is 5.94. The van der Waals surface area contributed by atoms with Gasteiger partial charge in [-0.1, -0.05) is 29.8 Å². The van der Waals surface area contributed by atoms with Gasteiger partial charge in [0.25, 0.3) is 5.91 Å². The van der Waals surface area contributed by atoms with Crippen molar-refractivity contribution in [2.24, 2.45) is 0 Å². The van der Waals surface area contributed by atoms with Gasteiger partial charge in [0.05, 0.1) is 6.61 Å². The van der Waals surface area contributed by atoms with Crippen LogP contribution in [0.15, 0.2) is 66.9 Å². The summed E-state index contributed by atoms with van der Waals surface area (Å²) in [6, 6.07) is 19.5. The van der Waals surface area contributed by atoms with Crippen molar-refractivity contribution in [3.05, 3.63) is 78.0 Å². The Morgan fingerprint density at radius 2 is 1.88 bits per heavy atom. The molecule has 0 saturated heterocycles. The number of aromatic nitrogens is 3. The summed E-state index contributed by atoms with van der Waals surface area (Å²) in [6.07, 6.45) is 2.68. The van der Waals surface area contributed by atoms with Crippen LogP contribution < -0.4 is 16.0 Å². The normalized spacial score (nSPS) is 11.0. The van der Waals surface area contributed by atoms with Gasteiger partial charge in [-0.3, -0.25) is 4.79 Å². The Morgan fingerprint density at radius 3 is 2.67 bits per heavy atom. The number of hydrogen-bond donors (Lipinski definition) is 4. The van der Waals surface area contributed by atoms with Crippen molar-refractivity contribution in [1.82, 2.24) is 25.2 Å². The van der Waals surface area contributed by atoms with Crippen LogP contribution in [0.25, 0.3) is 16.8 Å². The predicted octanol–water partition coefficient (Wildman–Crippen LogP) is 3.15. The topological polar surface area (TPSA) is 104 Å². The van der Waals surface area contributed by atoms with Crippen molar-refractivity contribution < 1.29 is 9.90 Å². The Morgan fingerprint density at radius 1 is 1.03 bits per heavy atom. The predicted molar refractivity (Wildman–Crippen MR) is 130 cm³/mol. The molecule has 0 unspecified atom stereocenters. The molecule has 0 aliphatic heterocycles. The molecule has 170 valence electrons. The van der Waals surface area contributed by atoms with Gasteiger partial charge in [0.15, 0.2) is 5.65 Å². The van der Waals surface area contributed by atoms with Gasteiger partial charge in [-0.25, -0.2) is 4.52 Å². The van der Waals surface area contributed by atoms with E-state index in [4.69, 9.17) is 5.11 Å². The zero-order valence-corrected chi connectivity index (χ0v) is 18.6. The molecule has 0 radical (unpaired) electrons. The average molecular weight is 445 g/mol. The second-order valence-electron chi connectivity index (χ2n) is 7.78. The van der Waals surface area contributed by atoms with E-state index >= 15 is 0 Å². The molecule has 8 heteroatoms. The van der Waals surface area contributed by atoms with E-state index in [-0.39, 0.29) is 12.5 Å². The van der Waals surface area contributed by atoms with Gasteiger partial charge >= 0.3 is 0 Å². The third kappa shape index (κ3) is 5.74. The van der Waals surface area contributed by atoms with Crippen molar-refractivity contribution in [3.8, 4) is 11.1 Å². The molecule has 0 fully saturated rings. The molecule has 2 aromatic carbocycles. The zero-order chi connectivity index (χ0) is 23.0. The lowest BCUT2D eigenvalue weighted by Gasteiger charge is -2.07. The first kappa shape index (κ1) is 22.4. The maximum Gasteiger partial charge on any atom is 0.251 e. The van der Waals surface area contributed by atoms with Crippen LogP contribution in [0.4, 0.5) is 11.6 Å². The lowest BCUT2D eigenvalue weighted by molar-refractivity contribution is 0.0953. The van der Waals surface area contributed by atoms with E-state index in [2.05, 4.69) is 51.2 Å². The summed E-state index contributed by atoms with van der Waals surface area (Å²) >= 11 is 0. The highest BCUT2D eigenvalue weighted by Gasteiger charge is 2.11. The quantitative estimate of drug-likeness (QED) is 0.280. The van der Waals surface area contributed by atoms with Crippen LogP contribution in [0.5, 0.6) is 0 Å². The largest absolute Gasteiger partial charge is 0.395 e. The highest BCUT2D eigenvalue weighted by Crippen LogP contribution is 2.25. The average Bonchev–Trinajstić information content (AvgIpc) is 3.24. The van der Waals surface area contributed by atoms with Gasteiger partial charge in [0.2, 0.25) is 5.95 Å². The van der Waals surface area contributed by atoms with Crippen LogP contribution in [0.1, 0.15) is 22.3 Å². The number of aryl methyl sites for hydroxylation is 1. The van der Waals surface area contributed by atoms with Crippen molar-refractivity contribution >= 4 is 23.2 Å². The lowest BCUT2D eigenvalue weighted by Crippen LogP contribution is -2.28. The summed E-state index contributed by atoms with van der Waals surface area (Å²) in [6.45, 7) is 4.08. The molecule has 0 atom stereocenters. The van der Waals surface area contributed by atoms with E-state index in [0.717, 1.165) is 35.4 Å².